The van der Waals surface area contributed by atoms with Gasteiger partial charge in [-0.3, -0.25) is 9.59 Å². The van der Waals surface area contributed by atoms with Gasteiger partial charge in [-0.15, -0.1) is 0 Å². The van der Waals surface area contributed by atoms with Crippen molar-refractivity contribution in [1.82, 2.24) is 5.32 Å². The Morgan fingerprint density at radius 2 is 1.83 bits per heavy atom. The fraction of sp³-hybridized carbons (Fsp3) is 0.364. The van der Waals surface area contributed by atoms with E-state index in [0.29, 0.717) is 12.1 Å². The highest BCUT2D eigenvalue weighted by atomic mass is 16.2. The summed E-state index contributed by atoms with van der Waals surface area (Å²) in [4.78, 5) is 30.2. The molecule has 2 atom stereocenters. The van der Waals surface area contributed by atoms with E-state index in [9.17, 15) is 9.59 Å². The molecule has 0 aromatic heterocycles. The molecule has 1 heterocycles. The maximum atomic E-state index is 13.3. The summed E-state index contributed by atoms with van der Waals surface area (Å²) in [5.74, 6) is -0.751. The molecule has 0 saturated carbocycles. The first-order chi connectivity index (χ1) is 13.8. The zero-order valence-electron chi connectivity index (χ0n) is 16.9. The lowest BCUT2D eigenvalue weighted by Gasteiger charge is -2.27. The smallest absolute Gasteiger partial charge is 0.240 e. The molecule has 3 rings (SSSR count). The molecule has 0 unspecified atom stereocenters. The van der Waals surface area contributed by atoms with Gasteiger partial charge >= 0.3 is 0 Å². The minimum absolute atomic E-state index is 0.123. The monoisotopic (exact) mass is 391 g/mol. The molecule has 0 saturated heterocycles. The van der Waals surface area contributed by atoms with E-state index in [1.165, 1.54) is 4.90 Å². The van der Waals surface area contributed by atoms with E-state index in [4.69, 9.17) is 5.53 Å². The fourth-order valence-corrected chi connectivity index (χ4v) is 3.70. The molecule has 1 aliphatic rings. The van der Waals surface area contributed by atoms with Crippen LogP contribution in [0.5, 0.6) is 0 Å². The van der Waals surface area contributed by atoms with Crippen LogP contribution in [-0.4, -0.2) is 29.9 Å². The van der Waals surface area contributed by atoms with Crippen molar-refractivity contribution in [2.45, 2.75) is 44.7 Å². The second-order valence-corrected chi connectivity index (χ2v) is 8.20. The van der Waals surface area contributed by atoms with Crippen LogP contribution in [-0.2, 0) is 9.59 Å². The number of carbonyl (C=O) groups is 2. The molecule has 2 aromatic rings. The third kappa shape index (κ3) is 4.76. The molecule has 0 fully saturated rings. The zero-order chi connectivity index (χ0) is 21.0. The van der Waals surface area contributed by atoms with Crippen LogP contribution < -0.4 is 10.2 Å². The SMILES string of the molecule is CC(C)(C)NC(=O)CN1C(=O)[C@H](N=[N+]=[N-])C[C@H](c2ccccc2)c2ccccc21. The number of carbonyl (C=O) groups excluding carboxylic acids is 2. The van der Waals surface area contributed by atoms with Crippen molar-refractivity contribution in [2.75, 3.05) is 11.4 Å². The number of rotatable bonds is 4. The van der Waals surface area contributed by atoms with Crippen molar-refractivity contribution in [3.05, 3.63) is 76.2 Å². The van der Waals surface area contributed by atoms with Gasteiger partial charge in [0.15, 0.2) is 0 Å². The number of nitrogens with zero attached hydrogens (tertiary/aromatic N) is 4. The maximum Gasteiger partial charge on any atom is 0.240 e. The second-order valence-electron chi connectivity index (χ2n) is 8.20. The minimum atomic E-state index is -0.889. The number of hydrogen-bond acceptors (Lipinski definition) is 3. The molecule has 0 spiro atoms. The summed E-state index contributed by atoms with van der Waals surface area (Å²) in [6, 6.07) is 16.5. The largest absolute Gasteiger partial charge is 0.350 e. The standard InChI is InChI=1S/C22H25N5O2/c1-22(2,3)24-20(28)14-27-19-12-8-7-11-16(19)17(15-9-5-4-6-10-15)13-18(21(27)29)25-26-23/h4-12,17-18H,13-14H2,1-3H3,(H,24,28)/t17-,18-/m1/s1. The van der Waals surface area contributed by atoms with Crippen LogP contribution in [0.2, 0.25) is 0 Å². The molecule has 1 aliphatic heterocycles. The number of fused-ring (bicyclic) bond motifs is 1. The Labute approximate surface area is 170 Å². The first-order valence-electron chi connectivity index (χ1n) is 9.60. The van der Waals surface area contributed by atoms with Crippen molar-refractivity contribution in [2.24, 2.45) is 5.11 Å². The number of azide groups is 1. The molecular weight excluding hydrogens is 366 g/mol. The summed E-state index contributed by atoms with van der Waals surface area (Å²) in [6.45, 7) is 5.53. The van der Waals surface area contributed by atoms with Crippen molar-refractivity contribution in [1.29, 1.82) is 0 Å². The average Bonchev–Trinajstić information content (AvgIpc) is 2.78. The summed E-state index contributed by atoms with van der Waals surface area (Å²) in [5.41, 5.74) is 11.3. The highest BCUT2D eigenvalue weighted by Gasteiger charge is 2.36. The molecule has 0 radical (unpaired) electrons. The van der Waals surface area contributed by atoms with Crippen molar-refractivity contribution in [3.8, 4) is 0 Å². The molecule has 2 aromatic carbocycles. The Bertz CT molecular complexity index is 945. The van der Waals surface area contributed by atoms with Gasteiger partial charge in [0.25, 0.3) is 0 Å². The predicted octanol–water partition coefficient (Wildman–Crippen LogP) is 4.15. The van der Waals surface area contributed by atoms with E-state index in [-0.39, 0.29) is 24.3 Å². The summed E-state index contributed by atoms with van der Waals surface area (Å²) in [5, 5.41) is 6.66. The topological polar surface area (TPSA) is 98.2 Å². The highest BCUT2D eigenvalue weighted by molar-refractivity contribution is 6.03. The van der Waals surface area contributed by atoms with Crippen molar-refractivity contribution < 1.29 is 9.59 Å². The summed E-state index contributed by atoms with van der Waals surface area (Å²) >= 11 is 0. The molecular formula is C22H25N5O2. The van der Waals surface area contributed by atoms with E-state index in [1.54, 1.807) is 0 Å². The number of amides is 2. The van der Waals surface area contributed by atoms with Gasteiger partial charge in [-0.1, -0.05) is 53.6 Å². The van der Waals surface area contributed by atoms with Crippen LogP contribution in [0.25, 0.3) is 10.4 Å². The maximum absolute atomic E-state index is 13.3. The predicted molar refractivity (Wildman–Crippen MR) is 113 cm³/mol. The van der Waals surface area contributed by atoms with Crippen LogP contribution in [0.4, 0.5) is 5.69 Å². The Balaban J connectivity index is 2.07. The van der Waals surface area contributed by atoms with Gasteiger partial charge in [0.2, 0.25) is 11.8 Å². The Hall–Kier alpha value is -3.31. The van der Waals surface area contributed by atoms with Crippen molar-refractivity contribution in [3.63, 3.8) is 0 Å². The first kappa shape index (κ1) is 20.4. The van der Waals surface area contributed by atoms with Gasteiger partial charge in [-0.05, 0) is 49.9 Å². The van der Waals surface area contributed by atoms with Gasteiger partial charge in [0.05, 0.1) is 0 Å². The van der Waals surface area contributed by atoms with Crippen LogP contribution in [0.3, 0.4) is 0 Å². The van der Waals surface area contributed by atoms with Crippen LogP contribution in [0.1, 0.15) is 44.2 Å². The van der Waals surface area contributed by atoms with Crippen molar-refractivity contribution >= 4 is 17.5 Å². The van der Waals surface area contributed by atoms with E-state index in [2.05, 4.69) is 15.3 Å². The van der Waals surface area contributed by atoms with Gasteiger partial charge in [-0.2, -0.15) is 0 Å². The molecule has 29 heavy (non-hydrogen) atoms. The number of nitrogens with one attached hydrogen (secondary N) is 1. The zero-order valence-corrected chi connectivity index (χ0v) is 16.9. The minimum Gasteiger partial charge on any atom is -0.350 e. The summed E-state index contributed by atoms with van der Waals surface area (Å²) in [7, 11) is 0. The number of para-hydroxylation sites is 1. The molecule has 7 heteroatoms. The van der Waals surface area contributed by atoms with Crippen LogP contribution in [0.15, 0.2) is 59.7 Å². The third-order valence-electron chi connectivity index (χ3n) is 4.82. The Morgan fingerprint density at radius 3 is 2.48 bits per heavy atom. The Morgan fingerprint density at radius 1 is 1.17 bits per heavy atom. The van der Waals surface area contributed by atoms with Gasteiger partial charge in [-0.25, -0.2) is 0 Å². The fourth-order valence-electron chi connectivity index (χ4n) is 3.70. The van der Waals surface area contributed by atoms with Gasteiger partial charge < -0.3 is 10.2 Å². The normalized spacial score (nSPS) is 19.0. The van der Waals surface area contributed by atoms with E-state index >= 15 is 0 Å². The third-order valence-corrected chi connectivity index (χ3v) is 4.82. The van der Waals surface area contributed by atoms with Gasteiger partial charge in [0, 0.05) is 22.1 Å². The van der Waals surface area contributed by atoms with E-state index in [1.807, 2.05) is 75.4 Å². The van der Waals surface area contributed by atoms with E-state index in [0.717, 1.165) is 11.1 Å². The highest BCUT2D eigenvalue weighted by Crippen LogP contribution is 2.39. The number of anilines is 1. The number of hydrogen-bond donors (Lipinski definition) is 1. The molecule has 2 amide bonds. The first-order valence-corrected chi connectivity index (χ1v) is 9.60. The lowest BCUT2D eigenvalue weighted by Crippen LogP contribution is -2.49. The van der Waals surface area contributed by atoms with Crippen LogP contribution in [0, 0.1) is 0 Å². The number of benzene rings is 2. The average molecular weight is 391 g/mol. The van der Waals surface area contributed by atoms with E-state index < -0.39 is 11.6 Å². The molecule has 0 aliphatic carbocycles. The molecule has 7 nitrogen and oxygen atoms in total. The second kappa shape index (κ2) is 8.37. The summed E-state index contributed by atoms with van der Waals surface area (Å²) in [6.07, 6.45) is 0.349. The molecule has 150 valence electrons. The lowest BCUT2D eigenvalue weighted by molar-refractivity contribution is -0.125. The lowest BCUT2D eigenvalue weighted by atomic mass is 9.86. The molecule has 1 N–H and O–H groups in total. The van der Waals surface area contributed by atoms with Crippen LogP contribution >= 0.6 is 0 Å². The quantitative estimate of drug-likeness (QED) is 0.481. The van der Waals surface area contributed by atoms with Gasteiger partial charge in [0.1, 0.15) is 12.6 Å². The Kier molecular flexibility index (Phi) is 5.89. The summed E-state index contributed by atoms with van der Waals surface area (Å²) < 4.78 is 0. The molecule has 0 bridgehead atoms.